The van der Waals surface area contributed by atoms with Crippen LogP contribution in [0.3, 0.4) is 0 Å². The van der Waals surface area contributed by atoms with Crippen molar-refractivity contribution in [3.05, 3.63) is 81.6 Å². The maximum atomic E-state index is 12.6. The third kappa shape index (κ3) is 3.36. The van der Waals surface area contributed by atoms with Gasteiger partial charge in [0.15, 0.2) is 0 Å². The van der Waals surface area contributed by atoms with E-state index >= 15 is 0 Å². The Morgan fingerprint density at radius 2 is 1.92 bits per heavy atom. The van der Waals surface area contributed by atoms with Crippen LogP contribution in [0.5, 0.6) is 0 Å². The van der Waals surface area contributed by atoms with Crippen molar-refractivity contribution in [1.29, 1.82) is 0 Å². The van der Waals surface area contributed by atoms with Gasteiger partial charge in [-0.1, -0.05) is 36.4 Å². The van der Waals surface area contributed by atoms with Crippen LogP contribution in [0.1, 0.15) is 21.5 Å². The zero-order valence-electron chi connectivity index (χ0n) is 13.3. The molecule has 5 heteroatoms. The number of aromatic nitrogens is 1. The van der Waals surface area contributed by atoms with Gasteiger partial charge >= 0.3 is 0 Å². The Hall–Kier alpha value is -2.92. The van der Waals surface area contributed by atoms with E-state index in [2.05, 4.69) is 10.3 Å². The van der Waals surface area contributed by atoms with Crippen LogP contribution in [-0.2, 0) is 17.9 Å². The first-order valence-electron chi connectivity index (χ1n) is 7.64. The van der Waals surface area contributed by atoms with Crippen LogP contribution < -0.4 is 10.7 Å². The van der Waals surface area contributed by atoms with Gasteiger partial charge in [0.25, 0.3) is 5.91 Å². The number of methoxy groups -OCH3 is 1. The summed E-state index contributed by atoms with van der Waals surface area (Å²) < 4.78 is 5.09. The van der Waals surface area contributed by atoms with E-state index in [0.717, 1.165) is 11.1 Å². The Labute approximate surface area is 139 Å². The van der Waals surface area contributed by atoms with Gasteiger partial charge in [0.1, 0.15) is 5.56 Å². The summed E-state index contributed by atoms with van der Waals surface area (Å²) in [5.41, 5.74) is 2.38. The van der Waals surface area contributed by atoms with Crippen molar-refractivity contribution in [2.45, 2.75) is 13.2 Å². The molecule has 0 bridgehead atoms. The summed E-state index contributed by atoms with van der Waals surface area (Å²) in [7, 11) is 1.60. The number of nitrogens with one attached hydrogen (secondary N) is 2. The molecule has 3 aromatic rings. The highest BCUT2D eigenvalue weighted by atomic mass is 16.5. The molecule has 0 fully saturated rings. The normalized spacial score (nSPS) is 10.7. The van der Waals surface area contributed by atoms with Crippen molar-refractivity contribution >= 4 is 16.8 Å². The molecule has 1 amide bonds. The summed E-state index contributed by atoms with van der Waals surface area (Å²) in [6.45, 7) is 0.792. The lowest BCUT2D eigenvalue weighted by Crippen LogP contribution is -2.28. The van der Waals surface area contributed by atoms with E-state index in [-0.39, 0.29) is 16.9 Å². The fourth-order valence-electron chi connectivity index (χ4n) is 2.56. The van der Waals surface area contributed by atoms with Crippen LogP contribution in [0.15, 0.2) is 59.5 Å². The second kappa shape index (κ2) is 7.10. The van der Waals surface area contributed by atoms with E-state index in [1.165, 1.54) is 6.20 Å². The first kappa shape index (κ1) is 16.0. The molecular weight excluding hydrogens is 304 g/mol. The minimum absolute atomic E-state index is 0.105. The Balaban J connectivity index is 1.87. The summed E-state index contributed by atoms with van der Waals surface area (Å²) in [5, 5.41) is 3.26. The molecule has 0 aliphatic carbocycles. The smallest absolute Gasteiger partial charge is 0.257 e. The largest absolute Gasteiger partial charge is 0.380 e. The Morgan fingerprint density at radius 3 is 2.67 bits per heavy atom. The number of fused-ring (bicyclic) bond motifs is 1. The molecule has 0 aliphatic rings. The lowest BCUT2D eigenvalue weighted by atomic mass is 10.1. The highest BCUT2D eigenvalue weighted by molar-refractivity contribution is 5.97. The number of amides is 1. The van der Waals surface area contributed by atoms with Crippen molar-refractivity contribution in [3.8, 4) is 0 Å². The van der Waals surface area contributed by atoms with Crippen LogP contribution >= 0.6 is 0 Å². The first-order chi connectivity index (χ1) is 11.7. The third-order valence-electron chi connectivity index (χ3n) is 3.80. The van der Waals surface area contributed by atoms with E-state index in [0.29, 0.717) is 24.1 Å². The van der Waals surface area contributed by atoms with Crippen LogP contribution in [0.4, 0.5) is 0 Å². The van der Waals surface area contributed by atoms with Gasteiger partial charge < -0.3 is 15.0 Å². The molecule has 5 nitrogen and oxygen atoms in total. The number of benzene rings is 2. The van der Waals surface area contributed by atoms with Gasteiger partial charge in [-0.3, -0.25) is 9.59 Å². The fraction of sp³-hybridized carbons (Fsp3) is 0.158. The molecule has 0 spiro atoms. The molecule has 1 heterocycles. The summed E-state index contributed by atoms with van der Waals surface area (Å²) in [6.07, 6.45) is 1.46. The van der Waals surface area contributed by atoms with Crippen molar-refractivity contribution in [2.75, 3.05) is 7.11 Å². The molecule has 0 radical (unpaired) electrons. The topological polar surface area (TPSA) is 71.2 Å². The van der Waals surface area contributed by atoms with Crippen molar-refractivity contribution < 1.29 is 9.53 Å². The molecule has 122 valence electrons. The van der Waals surface area contributed by atoms with E-state index in [1.54, 1.807) is 13.2 Å². The van der Waals surface area contributed by atoms with Crippen molar-refractivity contribution in [2.24, 2.45) is 0 Å². The SMILES string of the molecule is COCc1ccc2[nH]cc(C(=O)NCc3ccccc3)c(=O)c2c1. The van der Waals surface area contributed by atoms with E-state index in [4.69, 9.17) is 4.74 Å². The molecule has 2 aromatic carbocycles. The minimum Gasteiger partial charge on any atom is -0.380 e. The summed E-state index contributed by atoms with van der Waals surface area (Å²) in [4.78, 5) is 28.0. The summed E-state index contributed by atoms with van der Waals surface area (Å²) in [5.74, 6) is -0.390. The Kier molecular flexibility index (Phi) is 4.72. The maximum absolute atomic E-state index is 12.6. The number of carbonyl (C=O) groups is 1. The first-order valence-corrected chi connectivity index (χ1v) is 7.64. The minimum atomic E-state index is -0.390. The summed E-state index contributed by atoms with van der Waals surface area (Å²) >= 11 is 0. The monoisotopic (exact) mass is 322 g/mol. The molecular formula is C19H18N2O3. The van der Waals surface area contributed by atoms with Gasteiger partial charge in [0, 0.05) is 30.8 Å². The number of hydrogen-bond acceptors (Lipinski definition) is 3. The maximum Gasteiger partial charge on any atom is 0.257 e. The highest BCUT2D eigenvalue weighted by Crippen LogP contribution is 2.12. The second-order valence-corrected chi connectivity index (χ2v) is 5.51. The fourth-order valence-corrected chi connectivity index (χ4v) is 2.56. The number of ether oxygens (including phenoxy) is 1. The lowest BCUT2D eigenvalue weighted by molar-refractivity contribution is 0.0949. The Morgan fingerprint density at radius 1 is 1.12 bits per heavy atom. The molecule has 0 saturated carbocycles. The molecule has 0 saturated heterocycles. The van der Waals surface area contributed by atoms with Crippen LogP contribution in [-0.4, -0.2) is 18.0 Å². The number of pyridine rings is 1. The predicted molar refractivity (Wildman–Crippen MR) is 92.9 cm³/mol. The van der Waals surface area contributed by atoms with Crippen molar-refractivity contribution in [3.63, 3.8) is 0 Å². The number of carbonyl (C=O) groups excluding carboxylic acids is 1. The number of H-pyrrole nitrogens is 1. The number of rotatable bonds is 5. The van der Waals surface area contributed by atoms with E-state index < -0.39 is 0 Å². The average Bonchev–Trinajstić information content (AvgIpc) is 2.61. The molecule has 0 unspecified atom stereocenters. The molecule has 2 N–H and O–H groups in total. The van der Waals surface area contributed by atoms with Gasteiger partial charge in [0.2, 0.25) is 5.43 Å². The molecule has 24 heavy (non-hydrogen) atoms. The lowest BCUT2D eigenvalue weighted by Gasteiger charge is -2.07. The van der Waals surface area contributed by atoms with Crippen molar-refractivity contribution in [1.82, 2.24) is 10.3 Å². The molecule has 0 atom stereocenters. The molecule has 3 rings (SSSR count). The van der Waals surface area contributed by atoms with E-state index in [1.807, 2.05) is 42.5 Å². The van der Waals surface area contributed by atoms with Gasteiger partial charge in [-0.05, 0) is 23.3 Å². The van der Waals surface area contributed by atoms with Gasteiger partial charge in [0.05, 0.1) is 6.61 Å². The predicted octanol–water partition coefficient (Wildman–Crippen LogP) is 2.60. The molecule has 0 aliphatic heterocycles. The quantitative estimate of drug-likeness (QED) is 0.758. The van der Waals surface area contributed by atoms with Crippen LogP contribution in [0, 0.1) is 0 Å². The van der Waals surface area contributed by atoms with E-state index in [9.17, 15) is 9.59 Å². The zero-order valence-corrected chi connectivity index (χ0v) is 13.3. The number of aromatic amines is 1. The van der Waals surface area contributed by atoms with Crippen LogP contribution in [0.2, 0.25) is 0 Å². The zero-order chi connectivity index (χ0) is 16.9. The van der Waals surface area contributed by atoms with Crippen LogP contribution in [0.25, 0.3) is 10.9 Å². The number of hydrogen-bond donors (Lipinski definition) is 2. The third-order valence-corrected chi connectivity index (χ3v) is 3.80. The standard InChI is InChI=1S/C19H18N2O3/c1-24-12-14-7-8-17-15(9-14)18(22)16(11-20-17)19(23)21-10-13-5-3-2-4-6-13/h2-9,11H,10,12H2,1H3,(H,20,22)(H,21,23). The average molecular weight is 322 g/mol. The highest BCUT2D eigenvalue weighted by Gasteiger charge is 2.13. The molecule has 1 aromatic heterocycles. The van der Waals surface area contributed by atoms with Gasteiger partial charge in [-0.25, -0.2) is 0 Å². The van der Waals surface area contributed by atoms with Gasteiger partial charge in [-0.15, -0.1) is 0 Å². The second-order valence-electron chi connectivity index (χ2n) is 5.51. The Bertz CT molecular complexity index is 917. The van der Waals surface area contributed by atoms with Gasteiger partial charge in [-0.2, -0.15) is 0 Å². The summed E-state index contributed by atoms with van der Waals surface area (Å²) in [6, 6.07) is 15.0.